The van der Waals surface area contributed by atoms with Crippen LogP contribution in [0, 0.1) is 122 Å². The van der Waals surface area contributed by atoms with Crippen molar-refractivity contribution in [2.45, 2.75) is 103 Å². The molecule has 1 aliphatic heterocycles. The van der Waals surface area contributed by atoms with Gasteiger partial charge in [-0.25, -0.2) is 87.8 Å². The molecule has 4 aromatic carbocycles. The number of rotatable bonds is 5. The zero-order valence-corrected chi connectivity index (χ0v) is 39.3. The molecule has 1 fully saturated rings. The molecule has 0 bridgehead atoms. The second-order valence-electron chi connectivity index (χ2n) is 18.9. The third kappa shape index (κ3) is 10.7. The molecule has 67 heavy (non-hydrogen) atoms. The van der Waals surface area contributed by atoms with Gasteiger partial charge in [-0.3, -0.25) is 0 Å². The zero-order valence-electron chi connectivity index (χ0n) is 36.7. The number of hydrogen-bond donors (Lipinski definition) is 0. The quantitative estimate of drug-likeness (QED) is 0.0467. The van der Waals surface area contributed by atoms with Gasteiger partial charge in [0.1, 0.15) is 23.3 Å². The monoisotopic (exact) mass is 1050 g/mol. The van der Waals surface area contributed by atoms with Crippen LogP contribution in [-0.4, -0.2) is 34.2 Å². The Balaban J connectivity index is 0.000000637. The largest absolute Gasteiger partial charge is 0.207 e. The van der Waals surface area contributed by atoms with Gasteiger partial charge in [-0.05, 0) is 79.5 Å². The molecule has 1 saturated heterocycles. The lowest BCUT2D eigenvalue weighted by Crippen LogP contribution is -2.59. The van der Waals surface area contributed by atoms with Gasteiger partial charge in [-0.1, -0.05) is 13.3 Å². The third-order valence-corrected chi connectivity index (χ3v) is 16.0. The minimum atomic E-state index is -4.99. The molecule has 1 aliphatic rings. The van der Waals surface area contributed by atoms with E-state index in [1.54, 1.807) is 0 Å². The van der Waals surface area contributed by atoms with Gasteiger partial charge in [0.15, 0.2) is 94.0 Å². The highest BCUT2D eigenvalue weighted by molar-refractivity contribution is 7.62. The summed E-state index contributed by atoms with van der Waals surface area (Å²) in [5.41, 5.74) is -12.4. The summed E-state index contributed by atoms with van der Waals surface area (Å²) >= 11 is 9.53. The Kier molecular flexibility index (Phi) is 18.1. The van der Waals surface area contributed by atoms with Crippen molar-refractivity contribution in [1.82, 2.24) is 0 Å². The van der Waals surface area contributed by atoms with Gasteiger partial charge in [-0.2, -0.15) is 5.72 Å². The SMILES string of the molecule is CC(C)(C)[PH+](C(C)(C)C)C(C)(C)C.C[C@@H]1C[C@@H]([BH-](c2c(F)c(F)c(F)c(F)c2F)c2c(F)c(F)c(F)c(F)c2F)B(c2c(F)c(F)c(F)c(F)c2F)[C@H]1c1c(F)c(F)c(F)c(F)c1F.ClCCl. The Bertz CT molecular complexity index is 2320. The second-order valence-corrected chi connectivity index (χ2v) is 25.0. The van der Waals surface area contributed by atoms with E-state index < -0.39 is 184 Å². The lowest BCUT2D eigenvalue weighted by molar-refractivity contribution is 0.363. The molecule has 1 heterocycles. The lowest BCUT2D eigenvalue weighted by Gasteiger charge is -2.42. The number of hydrogen-bond acceptors (Lipinski definition) is 0. The zero-order chi connectivity index (χ0) is 52.2. The summed E-state index contributed by atoms with van der Waals surface area (Å²) in [6.45, 7) is 14.0. The van der Waals surface area contributed by atoms with Crippen molar-refractivity contribution in [2.75, 3.05) is 5.34 Å². The topological polar surface area (TPSA) is 0 Å². The summed E-state index contributed by atoms with van der Waals surface area (Å²) in [6, 6.07) is 0. The van der Waals surface area contributed by atoms with E-state index in [4.69, 9.17) is 23.2 Å². The molecule has 0 N–H and O–H groups in total. The summed E-state index contributed by atoms with van der Waals surface area (Å²) in [7, 11) is -0.391. The molecule has 0 radical (unpaired) electrons. The van der Waals surface area contributed by atoms with Crippen molar-refractivity contribution < 1.29 is 87.8 Å². The van der Waals surface area contributed by atoms with Crippen LogP contribution in [0.2, 0.25) is 5.72 Å². The summed E-state index contributed by atoms with van der Waals surface area (Å²) in [5.74, 6) is -64.0. The summed E-state index contributed by atoms with van der Waals surface area (Å²) in [5, 5.41) is 1.66. The van der Waals surface area contributed by atoms with E-state index in [1.165, 1.54) is 0 Å². The van der Waals surface area contributed by atoms with Crippen molar-refractivity contribution in [3.8, 4) is 0 Å². The van der Waals surface area contributed by atoms with E-state index in [0.717, 1.165) is 0 Å². The molecule has 0 aromatic heterocycles. The molecule has 0 aliphatic carbocycles. The molecule has 5 rings (SSSR count). The molecule has 4 aromatic rings. The Morgan fingerprint density at radius 2 is 0.642 bits per heavy atom. The van der Waals surface area contributed by atoms with E-state index >= 15 is 35.1 Å². The third-order valence-electron chi connectivity index (χ3n) is 11.5. The van der Waals surface area contributed by atoms with E-state index in [0.29, 0.717) is 22.4 Å². The molecular formula is C42H39B2Cl2F20P. The van der Waals surface area contributed by atoms with Crippen LogP contribution in [0.4, 0.5) is 87.8 Å². The van der Waals surface area contributed by atoms with Crippen LogP contribution in [0.25, 0.3) is 0 Å². The van der Waals surface area contributed by atoms with Crippen molar-refractivity contribution in [3.05, 3.63) is 122 Å². The predicted molar refractivity (Wildman–Crippen MR) is 221 cm³/mol. The molecule has 372 valence electrons. The Morgan fingerprint density at radius 1 is 0.418 bits per heavy atom. The first kappa shape index (κ1) is 57.9. The van der Waals surface area contributed by atoms with Gasteiger partial charge >= 0.3 is 0 Å². The first-order valence-electron chi connectivity index (χ1n) is 19.7. The maximum atomic E-state index is 15.5. The number of halogens is 22. The van der Waals surface area contributed by atoms with Gasteiger partial charge < -0.3 is 0 Å². The highest BCUT2D eigenvalue weighted by atomic mass is 35.5. The van der Waals surface area contributed by atoms with Crippen molar-refractivity contribution >= 4 is 60.9 Å². The Labute approximate surface area is 383 Å². The molecule has 0 saturated carbocycles. The van der Waals surface area contributed by atoms with Crippen LogP contribution in [0.1, 0.15) is 87.0 Å². The van der Waals surface area contributed by atoms with Crippen LogP contribution in [0.15, 0.2) is 0 Å². The fourth-order valence-electron chi connectivity index (χ4n) is 10.6. The van der Waals surface area contributed by atoms with Crippen molar-refractivity contribution in [1.29, 1.82) is 0 Å². The van der Waals surface area contributed by atoms with Gasteiger partial charge in [0.05, 0.1) is 27.5 Å². The highest BCUT2D eigenvalue weighted by Crippen LogP contribution is 2.67. The standard InChI is InChI=1S/C29H9B2F20.C12H27P.CH2Cl2/c1-3-2-4(31(8-14(36)22(44)28(50)23(45)15(8)37)9-16(38)24(46)29(51)25(47)17(9)39)30(7-12(34)20(42)27(49)21(43)13(7)35)6(3)5-10(32)18(40)26(48)19(41)11(5)33;1-10(2,3)13(11(4,5)6)12(7,8)9;2-1-3/h3-4,6,31H,2H2,1H3;1-9H3;1H2/q-1;;/p+1/t3-,4-,6-;;/m1../s1. The lowest BCUT2D eigenvalue weighted by atomic mass is 9.16. The minimum absolute atomic E-state index is 0.194. The first-order valence-corrected chi connectivity index (χ1v) is 22.2. The number of alkyl halides is 2. The van der Waals surface area contributed by atoms with Crippen molar-refractivity contribution in [2.24, 2.45) is 5.92 Å². The van der Waals surface area contributed by atoms with Gasteiger partial charge in [0.25, 0.3) is 0 Å². The molecule has 0 spiro atoms. The Morgan fingerprint density at radius 3 is 0.881 bits per heavy atom. The van der Waals surface area contributed by atoms with E-state index in [1.807, 2.05) is 0 Å². The maximum Gasteiger partial charge on any atom is 0.200 e. The normalized spacial score (nSPS) is 16.7. The first-order chi connectivity index (χ1) is 30.4. The molecular weight excluding hydrogens is 1010 g/mol. The average Bonchev–Trinajstić information content (AvgIpc) is 3.53. The molecule has 3 atom stereocenters. The molecule has 0 amide bonds. The predicted octanol–water partition coefficient (Wildman–Crippen LogP) is 13.5. The fourth-order valence-corrected chi connectivity index (χ4v) is 17.3. The molecule has 0 unspecified atom stereocenters. The van der Waals surface area contributed by atoms with Crippen LogP contribution in [-0.2, 0) is 0 Å². The smallest absolute Gasteiger partial charge is 0.200 e. The summed E-state index contributed by atoms with van der Waals surface area (Å²) in [4.78, 5) is 0. The van der Waals surface area contributed by atoms with Gasteiger partial charge in [0, 0.05) is 13.5 Å². The molecule has 25 heteroatoms. The van der Waals surface area contributed by atoms with E-state index in [2.05, 4.69) is 62.3 Å². The Hall–Kier alpha value is -3.38. The van der Waals surface area contributed by atoms with E-state index in [9.17, 15) is 52.7 Å². The van der Waals surface area contributed by atoms with E-state index in [-0.39, 0.29) is 5.34 Å². The second kappa shape index (κ2) is 20.9. The fraction of sp³-hybridized carbons (Fsp3) is 0.429. The van der Waals surface area contributed by atoms with Crippen LogP contribution < -0.4 is 16.4 Å². The summed E-state index contributed by atoms with van der Waals surface area (Å²) < 4.78 is 295. The van der Waals surface area contributed by atoms with Crippen LogP contribution in [0.5, 0.6) is 0 Å². The van der Waals surface area contributed by atoms with Crippen molar-refractivity contribution in [3.63, 3.8) is 0 Å². The maximum absolute atomic E-state index is 15.5. The average molecular weight is 1050 g/mol. The van der Waals surface area contributed by atoms with Gasteiger partial charge in [0.2, 0.25) is 5.82 Å². The summed E-state index contributed by atoms with van der Waals surface area (Å²) in [6.07, 6.45) is -1.44. The number of benzene rings is 4. The minimum Gasteiger partial charge on any atom is -0.207 e. The van der Waals surface area contributed by atoms with Crippen LogP contribution in [0.3, 0.4) is 0 Å². The van der Waals surface area contributed by atoms with Gasteiger partial charge in [-0.15, -0.1) is 34.1 Å². The molecule has 0 nitrogen and oxygen atoms in total. The van der Waals surface area contributed by atoms with Crippen LogP contribution >= 0.6 is 31.1 Å². The highest BCUT2D eigenvalue weighted by Gasteiger charge is 2.54.